The predicted molar refractivity (Wildman–Crippen MR) is 114 cm³/mol. The zero-order valence-electron chi connectivity index (χ0n) is 16.8. The highest BCUT2D eigenvalue weighted by molar-refractivity contribution is 6.34. The molecule has 31 heavy (non-hydrogen) atoms. The minimum absolute atomic E-state index is 0.0781. The van der Waals surface area contributed by atoms with Gasteiger partial charge in [-0.15, -0.1) is 0 Å². The van der Waals surface area contributed by atoms with Crippen molar-refractivity contribution in [2.45, 2.75) is 13.0 Å². The summed E-state index contributed by atoms with van der Waals surface area (Å²) in [5.74, 6) is 0.831. The van der Waals surface area contributed by atoms with Gasteiger partial charge in [0.2, 0.25) is 11.7 Å². The van der Waals surface area contributed by atoms with E-state index in [-0.39, 0.29) is 28.2 Å². The van der Waals surface area contributed by atoms with Gasteiger partial charge in [0.1, 0.15) is 0 Å². The fourth-order valence-corrected chi connectivity index (χ4v) is 3.79. The topological polar surface area (TPSA) is 106 Å². The molecule has 0 saturated carbocycles. The van der Waals surface area contributed by atoms with E-state index in [0.717, 1.165) is 5.56 Å². The first-order valence-corrected chi connectivity index (χ1v) is 10.2. The Hall–Kier alpha value is -3.30. The molecule has 1 amide bonds. The summed E-state index contributed by atoms with van der Waals surface area (Å²) in [5.41, 5.74) is 1.01. The Bertz CT molecular complexity index is 1100. The third-order valence-corrected chi connectivity index (χ3v) is 5.69. The zero-order valence-corrected chi connectivity index (χ0v) is 17.5. The van der Waals surface area contributed by atoms with Crippen LogP contribution in [-0.2, 0) is 0 Å². The van der Waals surface area contributed by atoms with Gasteiger partial charge in [-0.25, -0.2) is 0 Å². The first kappa shape index (κ1) is 21.0. The van der Waals surface area contributed by atoms with E-state index >= 15 is 0 Å². The van der Waals surface area contributed by atoms with Gasteiger partial charge in [-0.1, -0.05) is 47.1 Å². The van der Waals surface area contributed by atoms with Crippen LogP contribution in [0, 0.1) is 10.1 Å². The van der Waals surface area contributed by atoms with Gasteiger partial charge >= 0.3 is 0 Å². The second-order valence-corrected chi connectivity index (χ2v) is 7.65. The highest BCUT2D eigenvalue weighted by Gasteiger charge is 2.29. The number of carbonyl (C=O) groups is 1. The number of non-ortho nitro benzene ring substituents is 1. The molecular weight excluding hydrogens is 422 g/mol. The Balaban J connectivity index is 1.39. The fourth-order valence-electron chi connectivity index (χ4n) is 3.54. The largest absolute Gasteiger partial charge is 0.337 e. The number of rotatable bonds is 5. The van der Waals surface area contributed by atoms with E-state index in [2.05, 4.69) is 15.0 Å². The van der Waals surface area contributed by atoms with Crippen LogP contribution in [0.25, 0.3) is 11.4 Å². The van der Waals surface area contributed by atoms with Crippen molar-refractivity contribution in [1.29, 1.82) is 0 Å². The molecule has 1 fully saturated rings. The van der Waals surface area contributed by atoms with E-state index in [9.17, 15) is 14.9 Å². The second-order valence-electron chi connectivity index (χ2n) is 7.25. The van der Waals surface area contributed by atoms with Crippen LogP contribution in [0.15, 0.2) is 53.1 Å². The third-order valence-electron chi connectivity index (χ3n) is 5.37. The number of amides is 1. The number of carbonyl (C=O) groups excluding carboxylic acids is 1. The molecule has 1 saturated heterocycles. The first-order valence-electron chi connectivity index (χ1n) is 9.80. The third kappa shape index (κ3) is 4.42. The van der Waals surface area contributed by atoms with Crippen molar-refractivity contribution >= 4 is 23.2 Å². The van der Waals surface area contributed by atoms with Gasteiger partial charge in [-0.05, 0) is 13.0 Å². The molecule has 1 unspecified atom stereocenters. The van der Waals surface area contributed by atoms with Gasteiger partial charge < -0.3 is 9.42 Å². The summed E-state index contributed by atoms with van der Waals surface area (Å²) in [6, 6.07) is 13.4. The minimum atomic E-state index is -0.541. The van der Waals surface area contributed by atoms with Crippen molar-refractivity contribution in [3.63, 3.8) is 0 Å². The number of hydrogen-bond donors (Lipinski definition) is 0. The van der Waals surface area contributed by atoms with Crippen molar-refractivity contribution in [2.24, 2.45) is 0 Å². The Labute approximate surface area is 183 Å². The zero-order chi connectivity index (χ0) is 22.0. The lowest BCUT2D eigenvalue weighted by Gasteiger charge is -2.36. The van der Waals surface area contributed by atoms with Crippen molar-refractivity contribution in [3.8, 4) is 11.4 Å². The van der Waals surface area contributed by atoms with Crippen LogP contribution in [0.1, 0.15) is 29.2 Å². The summed E-state index contributed by atoms with van der Waals surface area (Å²) in [4.78, 5) is 31.5. The van der Waals surface area contributed by atoms with Crippen LogP contribution in [0.2, 0.25) is 5.02 Å². The lowest BCUT2D eigenvalue weighted by Crippen LogP contribution is -2.49. The van der Waals surface area contributed by atoms with Crippen LogP contribution in [0.4, 0.5) is 5.69 Å². The molecule has 0 radical (unpaired) electrons. The van der Waals surface area contributed by atoms with Crippen molar-refractivity contribution in [1.82, 2.24) is 19.9 Å². The van der Waals surface area contributed by atoms with Crippen LogP contribution >= 0.6 is 11.6 Å². The number of nitro benzene ring substituents is 1. The molecule has 4 rings (SSSR count). The number of nitrogens with zero attached hydrogens (tertiary/aromatic N) is 5. The Morgan fingerprint density at radius 3 is 2.52 bits per heavy atom. The lowest BCUT2D eigenvalue weighted by molar-refractivity contribution is -0.384. The molecular formula is C21H20ClN5O4. The van der Waals surface area contributed by atoms with Gasteiger partial charge in [0.15, 0.2) is 0 Å². The van der Waals surface area contributed by atoms with Gasteiger partial charge in [0.05, 0.1) is 21.6 Å². The number of nitro groups is 1. The Morgan fingerprint density at radius 1 is 1.16 bits per heavy atom. The van der Waals surface area contributed by atoms with E-state index in [4.69, 9.17) is 16.1 Å². The lowest BCUT2D eigenvalue weighted by atomic mass is 10.1. The highest BCUT2D eigenvalue weighted by Crippen LogP contribution is 2.26. The van der Waals surface area contributed by atoms with E-state index in [1.54, 1.807) is 4.90 Å². The molecule has 1 aliphatic rings. The molecule has 0 bridgehead atoms. The molecule has 160 valence electrons. The van der Waals surface area contributed by atoms with E-state index in [0.29, 0.717) is 37.9 Å². The van der Waals surface area contributed by atoms with Gasteiger partial charge in [-0.3, -0.25) is 19.8 Å². The quantitative estimate of drug-likeness (QED) is 0.437. The monoisotopic (exact) mass is 441 g/mol. The van der Waals surface area contributed by atoms with Crippen LogP contribution < -0.4 is 0 Å². The maximum atomic E-state index is 12.8. The summed E-state index contributed by atoms with van der Waals surface area (Å²) in [6.07, 6.45) is 0. The average molecular weight is 442 g/mol. The van der Waals surface area contributed by atoms with E-state index in [1.165, 1.54) is 18.2 Å². The van der Waals surface area contributed by atoms with Crippen LogP contribution in [-0.4, -0.2) is 56.9 Å². The van der Waals surface area contributed by atoms with E-state index < -0.39 is 4.92 Å². The smallest absolute Gasteiger partial charge is 0.270 e. The fraction of sp³-hybridized carbons (Fsp3) is 0.286. The minimum Gasteiger partial charge on any atom is -0.337 e. The maximum absolute atomic E-state index is 12.8. The predicted octanol–water partition coefficient (Wildman–Crippen LogP) is 3.82. The molecule has 2 heterocycles. The molecule has 0 spiro atoms. The van der Waals surface area contributed by atoms with Crippen molar-refractivity contribution in [2.75, 3.05) is 26.2 Å². The molecule has 9 nitrogen and oxygen atoms in total. The number of benzene rings is 2. The van der Waals surface area contributed by atoms with E-state index in [1.807, 2.05) is 37.3 Å². The molecule has 0 aliphatic carbocycles. The summed E-state index contributed by atoms with van der Waals surface area (Å²) in [6.45, 7) is 4.24. The number of halogens is 1. The molecule has 1 atom stereocenters. The van der Waals surface area contributed by atoms with Crippen LogP contribution in [0.3, 0.4) is 0 Å². The van der Waals surface area contributed by atoms with Gasteiger partial charge in [-0.2, -0.15) is 4.98 Å². The maximum Gasteiger partial charge on any atom is 0.270 e. The normalized spacial score (nSPS) is 15.6. The molecule has 3 aromatic rings. The number of aromatic nitrogens is 2. The van der Waals surface area contributed by atoms with Gasteiger partial charge in [0, 0.05) is 43.9 Å². The highest BCUT2D eigenvalue weighted by atomic mass is 35.5. The SMILES string of the molecule is CC(c1nc(-c2ccccc2)no1)N1CCN(C(=O)c2ccc([N+](=O)[O-])cc2Cl)CC1. The molecule has 2 aromatic carbocycles. The Morgan fingerprint density at radius 2 is 1.87 bits per heavy atom. The molecule has 0 N–H and O–H groups in total. The Kier molecular flexibility index (Phi) is 5.97. The molecule has 1 aromatic heterocycles. The first-order chi connectivity index (χ1) is 14.9. The standard InChI is InChI=1S/C21H20ClN5O4/c1-14(20-23-19(24-31-20)15-5-3-2-4-6-15)25-9-11-26(12-10-25)21(28)17-8-7-16(27(29)30)13-18(17)22/h2-8,13-14H,9-12H2,1H3. The number of piperazine rings is 1. The summed E-state index contributed by atoms with van der Waals surface area (Å²) < 4.78 is 5.47. The van der Waals surface area contributed by atoms with Crippen molar-refractivity contribution in [3.05, 3.63) is 75.1 Å². The van der Waals surface area contributed by atoms with Gasteiger partial charge in [0.25, 0.3) is 11.6 Å². The van der Waals surface area contributed by atoms with Crippen molar-refractivity contribution < 1.29 is 14.2 Å². The molecule has 1 aliphatic heterocycles. The van der Waals surface area contributed by atoms with Crippen LogP contribution in [0.5, 0.6) is 0 Å². The summed E-state index contributed by atoms with van der Waals surface area (Å²) in [5, 5.41) is 15.0. The second kappa shape index (κ2) is 8.83. The molecule has 10 heteroatoms. The average Bonchev–Trinajstić information content (AvgIpc) is 3.29. The number of hydrogen-bond acceptors (Lipinski definition) is 7. The summed E-state index contributed by atoms with van der Waals surface area (Å²) >= 11 is 6.11. The summed E-state index contributed by atoms with van der Waals surface area (Å²) in [7, 11) is 0.